The van der Waals surface area contributed by atoms with Crippen LogP contribution in [0.4, 0.5) is 9.93 Å². The highest BCUT2D eigenvalue weighted by molar-refractivity contribution is 7.22. The lowest BCUT2D eigenvalue weighted by Crippen LogP contribution is -2.49. The van der Waals surface area contributed by atoms with Crippen LogP contribution < -0.4 is 15.4 Å². The highest BCUT2D eigenvalue weighted by Crippen LogP contribution is 2.32. The van der Waals surface area contributed by atoms with Gasteiger partial charge in [0.25, 0.3) is 0 Å². The van der Waals surface area contributed by atoms with Crippen LogP contribution in [0, 0.1) is 0 Å². The summed E-state index contributed by atoms with van der Waals surface area (Å²) in [4.78, 5) is 16.5. The van der Waals surface area contributed by atoms with Crippen molar-refractivity contribution in [1.29, 1.82) is 0 Å². The first-order chi connectivity index (χ1) is 11.9. The number of fused-ring (bicyclic) bond motifs is 1. The minimum atomic E-state index is -1.86. The normalized spacial score (nSPS) is 12.6. The highest BCUT2D eigenvalue weighted by Gasteiger charge is 2.36. The average molecular weight is 417 g/mol. The SMILES string of the molecule is O=C(Nc1nc2ccccc2s1)N[C@@H](Oc1ccccc1)C(Cl)(Cl)Cl. The molecule has 0 saturated carbocycles. The van der Waals surface area contributed by atoms with Crippen molar-refractivity contribution in [2.45, 2.75) is 10.0 Å². The Morgan fingerprint density at radius 1 is 1.08 bits per heavy atom. The molecule has 2 aromatic carbocycles. The standard InChI is InChI=1S/C16H12Cl3N3O2S/c17-16(18,19)13(24-10-6-2-1-3-7-10)21-14(23)22-15-20-11-8-4-5-9-12(11)25-15/h1-9,13H,(H2,20,21,22,23)/t13-/m0/s1. The number of carbonyl (C=O) groups is 1. The first-order valence-corrected chi connectivity index (χ1v) is 9.08. The van der Waals surface area contributed by atoms with Crippen LogP contribution in [-0.4, -0.2) is 21.0 Å². The van der Waals surface area contributed by atoms with Gasteiger partial charge in [-0.3, -0.25) is 10.6 Å². The van der Waals surface area contributed by atoms with Crippen molar-refractivity contribution in [3.63, 3.8) is 0 Å². The molecule has 1 aromatic heterocycles. The number of benzene rings is 2. The van der Waals surface area contributed by atoms with E-state index in [9.17, 15) is 4.79 Å². The molecule has 3 aromatic rings. The highest BCUT2D eigenvalue weighted by atomic mass is 35.6. The zero-order valence-electron chi connectivity index (χ0n) is 12.6. The van der Waals surface area contributed by atoms with Crippen LogP contribution in [-0.2, 0) is 0 Å². The number of rotatable bonds is 4. The first kappa shape index (κ1) is 18.1. The van der Waals surface area contributed by atoms with Gasteiger partial charge in [-0.05, 0) is 24.3 Å². The fourth-order valence-electron chi connectivity index (χ4n) is 1.99. The third-order valence-electron chi connectivity index (χ3n) is 3.07. The Bertz CT molecular complexity index is 835. The van der Waals surface area contributed by atoms with E-state index in [0.717, 1.165) is 10.2 Å². The molecule has 0 aliphatic rings. The second-order valence-electron chi connectivity index (χ2n) is 4.94. The number of nitrogens with zero attached hydrogens (tertiary/aromatic N) is 1. The monoisotopic (exact) mass is 415 g/mol. The summed E-state index contributed by atoms with van der Waals surface area (Å²) in [6, 6.07) is 15.7. The summed E-state index contributed by atoms with van der Waals surface area (Å²) in [5, 5.41) is 5.55. The lowest BCUT2D eigenvalue weighted by molar-refractivity contribution is 0.170. The molecule has 0 fully saturated rings. The number of anilines is 1. The van der Waals surface area contributed by atoms with E-state index in [4.69, 9.17) is 39.5 Å². The van der Waals surface area contributed by atoms with Crippen molar-refractivity contribution in [3.8, 4) is 5.75 Å². The lowest BCUT2D eigenvalue weighted by Gasteiger charge is -2.26. The van der Waals surface area contributed by atoms with Gasteiger partial charge in [-0.1, -0.05) is 76.5 Å². The molecular formula is C16H12Cl3N3O2S. The smallest absolute Gasteiger partial charge is 0.323 e. The molecule has 130 valence electrons. The molecule has 2 N–H and O–H groups in total. The van der Waals surface area contributed by atoms with Gasteiger partial charge in [-0.15, -0.1) is 0 Å². The molecule has 3 rings (SSSR count). The largest absolute Gasteiger partial charge is 0.466 e. The van der Waals surface area contributed by atoms with Gasteiger partial charge < -0.3 is 4.74 Å². The minimum absolute atomic E-state index is 0.432. The molecule has 1 heterocycles. The Labute approximate surface area is 162 Å². The second-order valence-corrected chi connectivity index (χ2v) is 8.34. The molecule has 0 spiro atoms. The molecule has 9 heteroatoms. The molecule has 5 nitrogen and oxygen atoms in total. The maximum atomic E-state index is 12.2. The zero-order valence-corrected chi connectivity index (χ0v) is 15.7. The number of hydrogen-bond donors (Lipinski definition) is 2. The number of urea groups is 1. The summed E-state index contributed by atoms with van der Waals surface area (Å²) in [6.45, 7) is 0. The van der Waals surface area contributed by atoms with Gasteiger partial charge in [-0.25, -0.2) is 9.78 Å². The number of ether oxygens (including phenoxy) is 1. The predicted octanol–water partition coefficient (Wildman–Crippen LogP) is 5.19. The van der Waals surface area contributed by atoms with E-state index in [2.05, 4.69) is 15.6 Å². The Balaban J connectivity index is 1.69. The Hall–Kier alpha value is -1.73. The van der Waals surface area contributed by atoms with Gasteiger partial charge in [0.2, 0.25) is 10.0 Å². The van der Waals surface area contributed by atoms with Crippen LogP contribution in [0.25, 0.3) is 10.2 Å². The summed E-state index contributed by atoms with van der Waals surface area (Å²) >= 11 is 19.1. The van der Waals surface area contributed by atoms with Crippen molar-refractivity contribution >= 4 is 67.5 Å². The quantitative estimate of drug-likeness (QED) is 0.454. The summed E-state index contributed by atoms with van der Waals surface area (Å²) in [5.41, 5.74) is 0.793. The maximum Gasteiger partial charge on any atom is 0.323 e. The van der Waals surface area contributed by atoms with Gasteiger partial charge in [-0.2, -0.15) is 0 Å². The van der Waals surface area contributed by atoms with E-state index in [-0.39, 0.29) is 0 Å². The summed E-state index contributed by atoms with van der Waals surface area (Å²) in [7, 11) is 0. The van der Waals surface area contributed by atoms with Crippen molar-refractivity contribution in [2.75, 3.05) is 5.32 Å². The van der Waals surface area contributed by atoms with E-state index in [1.54, 1.807) is 24.3 Å². The van der Waals surface area contributed by atoms with Crippen LogP contribution in [0.1, 0.15) is 0 Å². The van der Waals surface area contributed by atoms with E-state index in [1.807, 2.05) is 30.3 Å². The summed E-state index contributed by atoms with van der Waals surface area (Å²) < 4.78 is 4.66. The first-order valence-electron chi connectivity index (χ1n) is 7.13. The summed E-state index contributed by atoms with van der Waals surface area (Å²) in [6.07, 6.45) is -1.19. The molecule has 0 saturated heterocycles. The third-order valence-corrected chi connectivity index (χ3v) is 4.62. The third kappa shape index (κ3) is 4.89. The molecule has 2 amide bonds. The molecular weight excluding hydrogens is 405 g/mol. The number of hydrogen-bond acceptors (Lipinski definition) is 4. The summed E-state index contributed by atoms with van der Waals surface area (Å²) in [5.74, 6) is 0.458. The number of carbonyl (C=O) groups excluding carboxylic acids is 1. The van der Waals surface area contributed by atoms with Crippen LogP contribution in [0.15, 0.2) is 54.6 Å². The van der Waals surface area contributed by atoms with Gasteiger partial charge in [0, 0.05) is 0 Å². The van der Waals surface area contributed by atoms with Crippen molar-refractivity contribution in [2.24, 2.45) is 0 Å². The zero-order chi connectivity index (χ0) is 17.9. The Kier molecular flexibility index (Phi) is 5.54. The number of amides is 2. The predicted molar refractivity (Wildman–Crippen MR) is 103 cm³/mol. The maximum absolute atomic E-state index is 12.2. The van der Waals surface area contributed by atoms with Gasteiger partial charge in [0.05, 0.1) is 10.2 Å². The number of para-hydroxylation sites is 2. The van der Waals surface area contributed by atoms with E-state index < -0.39 is 16.1 Å². The molecule has 0 radical (unpaired) electrons. The molecule has 0 unspecified atom stereocenters. The second kappa shape index (κ2) is 7.66. The molecule has 25 heavy (non-hydrogen) atoms. The topological polar surface area (TPSA) is 63.2 Å². The number of thiazole rings is 1. The number of alkyl halides is 3. The van der Waals surface area contributed by atoms with Crippen LogP contribution in [0.5, 0.6) is 5.75 Å². The van der Waals surface area contributed by atoms with Gasteiger partial charge in [0.1, 0.15) is 5.75 Å². The molecule has 0 bridgehead atoms. The van der Waals surface area contributed by atoms with Gasteiger partial charge >= 0.3 is 6.03 Å². The number of aromatic nitrogens is 1. The van der Waals surface area contributed by atoms with E-state index in [0.29, 0.717) is 10.9 Å². The number of nitrogens with one attached hydrogen (secondary N) is 2. The Morgan fingerprint density at radius 2 is 1.76 bits per heavy atom. The van der Waals surface area contributed by atoms with Gasteiger partial charge in [0.15, 0.2) is 5.13 Å². The Morgan fingerprint density at radius 3 is 2.44 bits per heavy atom. The van der Waals surface area contributed by atoms with Crippen molar-refractivity contribution < 1.29 is 9.53 Å². The number of halogens is 3. The average Bonchev–Trinajstić information content (AvgIpc) is 2.96. The minimum Gasteiger partial charge on any atom is -0.466 e. The lowest BCUT2D eigenvalue weighted by atomic mass is 10.3. The van der Waals surface area contributed by atoms with Crippen molar-refractivity contribution in [3.05, 3.63) is 54.6 Å². The fourth-order valence-corrected chi connectivity index (χ4v) is 3.15. The molecule has 1 atom stereocenters. The van der Waals surface area contributed by atoms with E-state index >= 15 is 0 Å². The molecule has 0 aliphatic carbocycles. The van der Waals surface area contributed by atoms with E-state index in [1.165, 1.54) is 11.3 Å². The van der Waals surface area contributed by atoms with Crippen LogP contribution in [0.3, 0.4) is 0 Å². The fraction of sp³-hybridized carbons (Fsp3) is 0.125. The van der Waals surface area contributed by atoms with Crippen LogP contribution in [0.2, 0.25) is 0 Å². The molecule has 0 aliphatic heterocycles. The van der Waals surface area contributed by atoms with Crippen LogP contribution >= 0.6 is 46.1 Å². The van der Waals surface area contributed by atoms with Crippen molar-refractivity contribution in [1.82, 2.24) is 10.3 Å².